The lowest BCUT2D eigenvalue weighted by atomic mass is 10.2. The van der Waals surface area contributed by atoms with Gasteiger partial charge in [-0.15, -0.1) is 11.6 Å². The molecule has 0 saturated carbocycles. The van der Waals surface area contributed by atoms with Crippen LogP contribution < -0.4 is 0 Å². The molecule has 2 aromatic rings. The third-order valence-corrected chi connectivity index (χ3v) is 3.14. The summed E-state index contributed by atoms with van der Waals surface area (Å²) in [7, 11) is 0. The molecule has 0 spiro atoms. The molecule has 2 rings (SSSR count). The molecule has 0 atom stereocenters. The van der Waals surface area contributed by atoms with Crippen LogP contribution in [0.3, 0.4) is 0 Å². The lowest BCUT2D eigenvalue weighted by molar-refractivity contribution is 0.871. The number of hydrogen-bond donors (Lipinski definition) is 0. The van der Waals surface area contributed by atoms with E-state index in [0.29, 0.717) is 10.9 Å². The van der Waals surface area contributed by atoms with Crippen molar-refractivity contribution in [3.63, 3.8) is 0 Å². The maximum absolute atomic E-state index is 6.13. The molecule has 0 unspecified atom stereocenters. The SMILES string of the molecule is ClCc1cccc(Cl)c1-n1cc(I)cn1. The van der Waals surface area contributed by atoms with Gasteiger partial charge in [-0.2, -0.15) is 5.10 Å². The van der Waals surface area contributed by atoms with Gasteiger partial charge in [-0.05, 0) is 34.2 Å². The van der Waals surface area contributed by atoms with Crippen molar-refractivity contribution in [1.29, 1.82) is 0 Å². The second-order valence-corrected chi connectivity index (χ2v) is 4.90. The van der Waals surface area contributed by atoms with E-state index >= 15 is 0 Å². The maximum Gasteiger partial charge on any atom is 0.0876 e. The molecule has 1 aromatic carbocycles. The highest BCUT2D eigenvalue weighted by molar-refractivity contribution is 14.1. The van der Waals surface area contributed by atoms with Gasteiger partial charge in [0.25, 0.3) is 0 Å². The summed E-state index contributed by atoms with van der Waals surface area (Å²) in [5, 5.41) is 4.88. The topological polar surface area (TPSA) is 17.8 Å². The fourth-order valence-corrected chi connectivity index (χ4v) is 2.23. The minimum Gasteiger partial charge on any atom is -0.238 e. The minimum absolute atomic E-state index is 0.423. The van der Waals surface area contributed by atoms with Crippen LogP contribution in [0.2, 0.25) is 5.02 Å². The van der Waals surface area contributed by atoms with E-state index in [2.05, 4.69) is 27.7 Å². The normalized spacial score (nSPS) is 10.6. The van der Waals surface area contributed by atoms with Gasteiger partial charge < -0.3 is 0 Å². The summed E-state index contributed by atoms with van der Waals surface area (Å²) in [5.41, 5.74) is 1.83. The fraction of sp³-hybridized carbons (Fsp3) is 0.100. The smallest absolute Gasteiger partial charge is 0.0876 e. The molecular weight excluding hydrogens is 346 g/mol. The van der Waals surface area contributed by atoms with E-state index in [9.17, 15) is 0 Å². The summed E-state index contributed by atoms with van der Waals surface area (Å²) >= 11 is 14.2. The van der Waals surface area contributed by atoms with Gasteiger partial charge in [-0.25, -0.2) is 4.68 Å². The number of aromatic nitrogens is 2. The summed E-state index contributed by atoms with van der Waals surface area (Å²) in [6.07, 6.45) is 3.69. The quantitative estimate of drug-likeness (QED) is 0.592. The van der Waals surface area contributed by atoms with Gasteiger partial charge in [0.2, 0.25) is 0 Å². The molecule has 5 heteroatoms. The molecule has 0 saturated heterocycles. The first-order valence-corrected chi connectivity index (χ1v) is 6.25. The molecule has 0 aliphatic carbocycles. The van der Waals surface area contributed by atoms with Crippen molar-refractivity contribution in [1.82, 2.24) is 9.78 Å². The second kappa shape index (κ2) is 4.72. The Morgan fingerprint density at radius 3 is 2.80 bits per heavy atom. The molecular formula is C10H7Cl2IN2. The fourth-order valence-electron chi connectivity index (χ4n) is 1.35. The van der Waals surface area contributed by atoms with E-state index in [4.69, 9.17) is 23.2 Å². The van der Waals surface area contributed by atoms with Gasteiger partial charge >= 0.3 is 0 Å². The van der Waals surface area contributed by atoms with Crippen LogP contribution in [0.1, 0.15) is 5.56 Å². The van der Waals surface area contributed by atoms with Crippen LogP contribution in [-0.2, 0) is 5.88 Å². The Morgan fingerprint density at radius 1 is 1.40 bits per heavy atom. The number of alkyl halides is 1. The lowest BCUT2D eigenvalue weighted by Gasteiger charge is -2.08. The van der Waals surface area contributed by atoms with Crippen molar-refractivity contribution < 1.29 is 0 Å². The Labute approximate surface area is 111 Å². The van der Waals surface area contributed by atoms with Crippen molar-refractivity contribution in [3.05, 3.63) is 44.7 Å². The van der Waals surface area contributed by atoms with Crippen LogP contribution in [0.4, 0.5) is 0 Å². The van der Waals surface area contributed by atoms with E-state index in [-0.39, 0.29) is 0 Å². The van der Waals surface area contributed by atoms with E-state index in [1.807, 2.05) is 24.4 Å². The first kappa shape index (κ1) is 11.2. The van der Waals surface area contributed by atoms with Crippen molar-refractivity contribution in [2.45, 2.75) is 5.88 Å². The van der Waals surface area contributed by atoms with E-state index in [1.54, 1.807) is 10.9 Å². The average molecular weight is 353 g/mol. The molecule has 0 amide bonds. The lowest BCUT2D eigenvalue weighted by Crippen LogP contribution is -1.99. The van der Waals surface area contributed by atoms with Gasteiger partial charge in [0, 0.05) is 12.1 Å². The van der Waals surface area contributed by atoms with Gasteiger partial charge in [0.15, 0.2) is 0 Å². The number of para-hydroxylation sites is 1. The van der Waals surface area contributed by atoms with Crippen molar-refractivity contribution in [2.75, 3.05) is 0 Å². The second-order valence-electron chi connectivity index (χ2n) is 2.98. The van der Waals surface area contributed by atoms with Gasteiger partial charge in [0.1, 0.15) is 0 Å². The first-order valence-electron chi connectivity index (χ1n) is 4.26. The molecule has 0 bridgehead atoms. The predicted octanol–water partition coefficient (Wildman–Crippen LogP) is 3.87. The Morgan fingerprint density at radius 2 is 2.20 bits per heavy atom. The molecule has 0 aliphatic heterocycles. The summed E-state index contributed by atoms with van der Waals surface area (Å²) in [6, 6.07) is 5.67. The third kappa shape index (κ3) is 2.29. The van der Waals surface area contributed by atoms with Crippen LogP contribution in [0.15, 0.2) is 30.6 Å². The highest BCUT2D eigenvalue weighted by Gasteiger charge is 2.09. The van der Waals surface area contributed by atoms with Gasteiger partial charge in [-0.1, -0.05) is 23.7 Å². The Balaban J connectivity index is 2.60. The zero-order valence-corrected chi connectivity index (χ0v) is 11.3. The molecule has 0 fully saturated rings. The average Bonchev–Trinajstić information content (AvgIpc) is 2.64. The largest absolute Gasteiger partial charge is 0.238 e. The van der Waals surface area contributed by atoms with E-state index < -0.39 is 0 Å². The molecule has 1 aromatic heterocycles. The minimum atomic E-state index is 0.423. The molecule has 2 nitrogen and oxygen atoms in total. The molecule has 15 heavy (non-hydrogen) atoms. The Kier molecular flexibility index (Phi) is 3.53. The molecule has 1 heterocycles. The highest BCUT2D eigenvalue weighted by Crippen LogP contribution is 2.25. The molecule has 0 N–H and O–H groups in total. The number of nitrogens with zero attached hydrogens (tertiary/aromatic N) is 2. The van der Waals surface area contributed by atoms with E-state index in [1.165, 1.54) is 0 Å². The maximum atomic E-state index is 6.13. The zero-order valence-electron chi connectivity index (χ0n) is 7.62. The monoisotopic (exact) mass is 352 g/mol. The summed E-state index contributed by atoms with van der Waals surface area (Å²) < 4.78 is 2.81. The zero-order chi connectivity index (χ0) is 10.8. The van der Waals surface area contributed by atoms with Crippen molar-refractivity contribution >= 4 is 45.8 Å². The summed E-state index contributed by atoms with van der Waals surface area (Å²) in [4.78, 5) is 0. The Hall–Kier alpha value is -0.260. The van der Waals surface area contributed by atoms with Crippen LogP contribution in [0.25, 0.3) is 5.69 Å². The van der Waals surface area contributed by atoms with Crippen molar-refractivity contribution in [2.24, 2.45) is 0 Å². The molecule has 0 aliphatic rings. The van der Waals surface area contributed by atoms with Crippen LogP contribution in [-0.4, -0.2) is 9.78 Å². The van der Waals surface area contributed by atoms with Crippen LogP contribution in [0.5, 0.6) is 0 Å². The Bertz CT molecular complexity index is 482. The number of hydrogen-bond acceptors (Lipinski definition) is 1. The highest BCUT2D eigenvalue weighted by atomic mass is 127. The third-order valence-electron chi connectivity index (χ3n) is 1.99. The molecule has 78 valence electrons. The standard InChI is InChI=1S/C10H7Cl2IN2/c11-4-7-2-1-3-9(12)10(7)15-6-8(13)5-14-15/h1-3,5-6H,4H2. The number of rotatable bonds is 2. The van der Waals surface area contributed by atoms with Crippen LogP contribution in [0, 0.1) is 3.57 Å². The van der Waals surface area contributed by atoms with Crippen LogP contribution >= 0.6 is 45.8 Å². The first-order chi connectivity index (χ1) is 7.22. The number of halogens is 3. The van der Waals surface area contributed by atoms with Gasteiger partial charge in [0.05, 0.1) is 20.5 Å². The number of benzene rings is 1. The summed E-state index contributed by atoms with van der Waals surface area (Å²) in [6.45, 7) is 0. The van der Waals surface area contributed by atoms with Crippen molar-refractivity contribution in [3.8, 4) is 5.69 Å². The molecule has 0 radical (unpaired) electrons. The van der Waals surface area contributed by atoms with Gasteiger partial charge in [-0.3, -0.25) is 0 Å². The predicted molar refractivity (Wildman–Crippen MR) is 70.8 cm³/mol. The summed E-state index contributed by atoms with van der Waals surface area (Å²) in [5.74, 6) is 0.423. The van der Waals surface area contributed by atoms with E-state index in [0.717, 1.165) is 14.8 Å².